The van der Waals surface area contributed by atoms with Crippen molar-refractivity contribution in [1.82, 2.24) is 20.0 Å². The number of nitrogens with two attached hydrogens (primary N) is 1. The molecule has 0 aliphatic carbocycles. The number of carbonyl (C=O) groups is 1. The predicted molar refractivity (Wildman–Crippen MR) is 82.5 cm³/mol. The molecule has 6 nitrogen and oxygen atoms in total. The number of aryl methyl sites for hydroxylation is 1. The third-order valence-electron chi connectivity index (χ3n) is 3.61. The van der Waals surface area contributed by atoms with Crippen LogP contribution in [0.3, 0.4) is 0 Å². The molecule has 0 saturated heterocycles. The SMILES string of the molecule is CC(C)CN1CCCn2nc(CNC(=O)CCN)cc2C1. The molecule has 2 rings (SSSR count). The van der Waals surface area contributed by atoms with Crippen LogP contribution in [0.4, 0.5) is 0 Å². The first kappa shape index (κ1) is 16.0. The average molecular weight is 293 g/mol. The quantitative estimate of drug-likeness (QED) is 0.810. The largest absolute Gasteiger partial charge is 0.350 e. The fourth-order valence-electron chi connectivity index (χ4n) is 2.76. The summed E-state index contributed by atoms with van der Waals surface area (Å²) in [6.45, 7) is 9.53. The number of carbonyl (C=O) groups excluding carboxylic acids is 1. The van der Waals surface area contributed by atoms with E-state index in [-0.39, 0.29) is 5.91 Å². The molecule has 0 aromatic carbocycles. The lowest BCUT2D eigenvalue weighted by Gasteiger charge is -2.21. The second kappa shape index (κ2) is 7.56. The molecule has 2 heterocycles. The van der Waals surface area contributed by atoms with Crippen molar-refractivity contribution in [2.24, 2.45) is 11.7 Å². The molecule has 1 aromatic heterocycles. The van der Waals surface area contributed by atoms with Crippen LogP contribution in [0.2, 0.25) is 0 Å². The number of nitrogens with zero attached hydrogens (tertiary/aromatic N) is 3. The second-order valence-electron chi connectivity index (χ2n) is 6.15. The van der Waals surface area contributed by atoms with E-state index in [1.807, 2.05) is 0 Å². The van der Waals surface area contributed by atoms with E-state index in [1.165, 1.54) is 5.69 Å². The monoisotopic (exact) mass is 293 g/mol. The van der Waals surface area contributed by atoms with Crippen molar-refractivity contribution in [3.63, 3.8) is 0 Å². The predicted octanol–water partition coefficient (Wildman–Crippen LogP) is 0.710. The molecule has 1 aromatic rings. The summed E-state index contributed by atoms with van der Waals surface area (Å²) in [6.07, 6.45) is 1.50. The zero-order valence-electron chi connectivity index (χ0n) is 13.1. The third kappa shape index (κ3) is 4.82. The summed E-state index contributed by atoms with van der Waals surface area (Å²) in [5.74, 6) is 0.664. The molecule has 1 aliphatic rings. The average Bonchev–Trinajstić information content (AvgIpc) is 2.69. The van der Waals surface area contributed by atoms with Crippen molar-refractivity contribution >= 4 is 5.91 Å². The maximum Gasteiger partial charge on any atom is 0.221 e. The Hall–Kier alpha value is -1.40. The fourth-order valence-corrected chi connectivity index (χ4v) is 2.76. The highest BCUT2D eigenvalue weighted by Gasteiger charge is 2.17. The number of fused-ring (bicyclic) bond motifs is 1. The molecule has 0 spiro atoms. The summed E-state index contributed by atoms with van der Waals surface area (Å²) in [7, 11) is 0. The number of hydrogen-bond acceptors (Lipinski definition) is 4. The van der Waals surface area contributed by atoms with Gasteiger partial charge in [0, 0.05) is 39.1 Å². The van der Waals surface area contributed by atoms with E-state index < -0.39 is 0 Å². The first-order chi connectivity index (χ1) is 10.1. The van der Waals surface area contributed by atoms with Crippen LogP contribution in [-0.2, 0) is 24.4 Å². The van der Waals surface area contributed by atoms with Crippen LogP contribution in [0.5, 0.6) is 0 Å². The summed E-state index contributed by atoms with van der Waals surface area (Å²) in [4.78, 5) is 13.9. The van der Waals surface area contributed by atoms with Crippen molar-refractivity contribution in [3.05, 3.63) is 17.5 Å². The zero-order chi connectivity index (χ0) is 15.2. The Labute approximate surface area is 126 Å². The van der Waals surface area contributed by atoms with Gasteiger partial charge in [-0.1, -0.05) is 13.8 Å². The minimum Gasteiger partial charge on any atom is -0.350 e. The van der Waals surface area contributed by atoms with Gasteiger partial charge in [-0.25, -0.2) is 0 Å². The van der Waals surface area contributed by atoms with Gasteiger partial charge in [-0.2, -0.15) is 5.10 Å². The highest BCUT2D eigenvalue weighted by Crippen LogP contribution is 2.15. The first-order valence-corrected chi connectivity index (χ1v) is 7.83. The van der Waals surface area contributed by atoms with E-state index in [0.29, 0.717) is 25.4 Å². The van der Waals surface area contributed by atoms with Crippen LogP contribution in [0, 0.1) is 5.92 Å². The van der Waals surface area contributed by atoms with Gasteiger partial charge in [0.15, 0.2) is 0 Å². The van der Waals surface area contributed by atoms with Crippen LogP contribution >= 0.6 is 0 Å². The molecule has 21 heavy (non-hydrogen) atoms. The van der Waals surface area contributed by atoms with Crippen molar-refractivity contribution < 1.29 is 4.79 Å². The van der Waals surface area contributed by atoms with E-state index in [9.17, 15) is 4.79 Å². The molecule has 0 radical (unpaired) electrons. The van der Waals surface area contributed by atoms with Gasteiger partial charge in [0.05, 0.1) is 17.9 Å². The molecule has 0 bridgehead atoms. The topological polar surface area (TPSA) is 76.2 Å². The lowest BCUT2D eigenvalue weighted by molar-refractivity contribution is -0.121. The Kier molecular flexibility index (Phi) is 5.76. The maximum absolute atomic E-state index is 11.5. The number of amides is 1. The molecular weight excluding hydrogens is 266 g/mol. The van der Waals surface area contributed by atoms with Gasteiger partial charge in [-0.05, 0) is 18.4 Å². The van der Waals surface area contributed by atoms with Gasteiger partial charge < -0.3 is 11.1 Å². The summed E-state index contributed by atoms with van der Waals surface area (Å²) in [5, 5.41) is 7.46. The second-order valence-corrected chi connectivity index (χ2v) is 6.15. The van der Waals surface area contributed by atoms with Gasteiger partial charge in [0.1, 0.15) is 0 Å². The normalized spacial score (nSPS) is 15.8. The molecule has 1 aliphatic heterocycles. The van der Waals surface area contributed by atoms with Gasteiger partial charge >= 0.3 is 0 Å². The van der Waals surface area contributed by atoms with E-state index >= 15 is 0 Å². The lowest BCUT2D eigenvalue weighted by Crippen LogP contribution is -2.27. The smallest absolute Gasteiger partial charge is 0.221 e. The Morgan fingerprint density at radius 3 is 3.00 bits per heavy atom. The summed E-state index contributed by atoms with van der Waals surface area (Å²) >= 11 is 0. The standard InChI is InChI=1S/C15H27N5O/c1-12(2)10-19-6-3-7-20-14(11-19)8-13(18-20)9-17-15(21)4-5-16/h8,12H,3-7,9-11,16H2,1-2H3,(H,17,21). The van der Waals surface area contributed by atoms with Gasteiger partial charge in [0.25, 0.3) is 0 Å². The minimum absolute atomic E-state index is 0.0119. The maximum atomic E-state index is 11.5. The highest BCUT2D eigenvalue weighted by atomic mass is 16.1. The van der Waals surface area contributed by atoms with Crippen LogP contribution < -0.4 is 11.1 Å². The number of aromatic nitrogens is 2. The molecule has 6 heteroatoms. The highest BCUT2D eigenvalue weighted by molar-refractivity contribution is 5.75. The van der Waals surface area contributed by atoms with Crippen molar-refractivity contribution in [3.8, 4) is 0 Å². The van der Waals surface area contributed by atoms with Crippen molar-refractivity contribution in [2.75, 3.05) is 19.6 Å². The Morgan fingerprint density at radius 1 is 1.48 bits per heavy atom. The zero-order valence-corrected chi connectivity index (χ0v) is 13.1. The number of nitrogens with one attached hydrogen (secondary N) is 1. The Bertz CT molecular complexity index is 469. The first-order valence-electron chi connectivity index (χ1n) is 7.83. The van der Waals surface area contributed by atoms with Crippen molar-refractivity contribution in [2.45, 2.75) is 46.3 Å². The number of hydrogen-bond donors (Lipinski definition) is 2. The number of rotatable bonds is 6. The minimum atomic E-state index is -0.0119. The lowest BCUT2D eigenvalue weighted by atomic mass is 10.2. The molecule has 0 saturated carbocycles. The van der Waals surface area contributed by atoms with E-state index in [4.69, 9.17) is 5.73 Å². The molecule has 0 unspecified atom stereocenters. The van der Waals surface area contributed by atoms with E-state index in [1.54, 1.807) is 0 Å². The van der Waals surface area contributed by atoms with E-state index in [0.717, 1.165) is 38.3 Å². The van der Waals surface area contributed by atoms with Gasteiger partial charge in [-0.15, -0.1) is 0 Å². The van der Waals surface area contributed by atoms with E-state index in [2.05, 4.69) is 39.9 Å². The van der Waals surface area contributed by atoms with Crippen LogP contribution in [0.1, 0.15) is 38.1 Å². The molecular formula is C15H27N5O. The summed E-state index contributed by atoms with van der Waals surface area (Å²) in [5.41, 5.74) is 7.54. The van der Waals surface area contributed by atoms with Crippen molar-refractivity contribution in [1.29, 1.82) is 0 Å². The fraction of sp³-hybridized carbons (Fsp3) is 0.733. The molecule has 3 N–H and O–H groups in total. The Balaban J connectivity index is 1.95. The van der Waals surface area contributed by atoms with Crippen LogP contribution in [0.15, 0.2) is 6.07 Å². The summed E-state index contributed by atoms with van der Waals surface area (Å²) in [6, 6.07) is 2.11. The van der Waals surface area contributed by atoms with Gasteiger partial charge in [-0.3, -0.25) is 14.4 Å². The van der Waals surface area contributed by atoms with Crippen LogP contribution in [0.25, 0.3) is 0 Å². The molecule has 0 atom stereocenters. The Morgan fingerprint density at radius 2 is 2.29 bits per heavy atom. The third-order valence-corrected chi connectivity index (χ3v) is 3.61. The van der Waals surface area contributed by atoms with Gasteiger partial charge in [0.2, 0.25) is 5.91 Å². The van der Waals surface area contributed by atoms with Crippen LogP contribution in [-0.4, -0.2) is 40.2 Å². The molecule has 0 fully saturated rings. The molecule has 1 amide bonds. The molecule has 118 valence electrons. The summed E-state index contributed by atoms with van der Waals surface area (Å²) < 4.78 is 2.09.